The van der Waals surface area contributed by atoms with Crippen molar-refractivity contribution in [1.82, 2.24) is 5.43 Å². The van der Waals surface area contributed by atoms with Gasteiger partial charge in [0.05, 0.1) is 24.2 Å². The van der Waals surface area contributed by atoms with E-state index in [1.165, 1.54) is 0 Å². The van der Waals surface area contributed by atoms with E-state index in [1.807, 2.05) is 38.1 Å². The van der Waals surface area contributed by atoms with Crippen LogP contribution in [0, 0.1) is 20.8 Å². The Morgan fingerprint density at radius 2 is 1.96 bits per heavy atom. The summed E-state index contributed by atoms with van der Waals surface area (Å²) in [6.45, 7) is 5.40. The van der Waals surface area contributed by atoms with Crippen molar-refractivity contribution in [3.63, 3.8) is 0 Å². The normalized spacial score (nSPS) is 16.1. The van der Waals surface area contributed by atoms with Crippen LogP contribution in [0.2, 0.25) is 0 Å². The molecule has 0 bridgehead atoms. The average Bonchev–Trinajstić information content (AvgIpc) is 3.15. The Labute approximate surface area is 162 Å². The Morgan fingerprint density at radius 3 is 2.71 bits per heavy atom. The molecule has 1 atom stereocenters. The summed E-state index contributed by atoms with van der Waals surface area (Å²) in [6, 6.07) is 9.56. The van der Waals surface area contributed by atoms with Gasteiger partial charge in [0, 0.05) is 23.1 Å². The molecule has 6 nitrogen and oxygen atoms in total. The Bertz CT molecular complexity index is 1180. The summed E-state index contributed by atoms with van der Waals surface area (Å²) in [5.74, 6) is 0.893. The molecule has 0 aliphatic carbocycles. The number of aryl methyl sites for hydroxylation is 2. The molecular weight excluding hydrogens is 356 g/mol. The number of ether oxygens (including phenoxy) is 1. The minimum absolute atomic E-state index is 0.0443. The molecule has 6 heteroatoms. The first-order valence-corrected chi connectivity index (χ1v) is 9.14. The van der Waals surface area contributed by atoms with E-state index in [4.69, 9.17) is 9.15 Å². The van der Waals surface area contributed by atoms with Crippen molar-refractivity contribution in [2.75, 3.05) is 7.11 Å². The number of nitrogens with one attached hydrogen (secondary N) is 1. The standard InChI is InChI=1S/C22H22N2O4/c1-11-9-18-20(12(2)13(3)22(26)28-18)21(25)19(11)16-10-15(23-24-16)14-7-5-6-8-17(14)27-4/h5-9,15,23,25H,10H2,1-4H3/t15-/m1/s1. The lowest BCUT2D eigenvalue weighted by Gasteiger charge is -2.15. The maximum Gasteiger partial charge on any atom is 0.339 e. The zero-order chi connectivity index (χ0) is 20.0. The maximum atomic E-state index is 12.0. The number of fused-ring (bicyclic) bond motifs is 1. The van der Waals surface area contributed by atoms with Gasteiger partial charge in [0.15, 0.2) is 0 Å². The molecule has 1 aliphatic heterocycles. The largest absolute Gasteiger partial charge is 0.506 e. The minimum atomic E-state index is -0.382. The molecule has 0 saturated heterocycles. The van der Waals surface area contributed by atoms with Gasteiger partial charge in [-0.2, -0.15) is 5.10 Å². The number of benzene rings is 2. The van der Waals surface area contributed by atoms with E-state index in [1.54, 1.807) is 20.1 Å². The average molecular weight is 378 g/mol. The fourth-order valence-corrected chi connectivity index (χ4v) is 3.83. The predicted octanol–water partition coefficient (Wildman–Crippen LogP) is 3.87. The first kappa shape index (κ1) is 18.1. The molecule has 0 fully saturated rings. The van der Waals surface area contributed by atoms with Gasteiger partial charge in [0.2, 0.25) is 0 Å². The number of aromatic hydroxyl groups is 1. The topological polar surface area (TPSA) is 84.1 Å². The number of para-hydroxylation sites is 1. The van der Waals surface area contributed by atoms with E-state index in [0.717, 1.165) is 28.2 Å². The van der Waals surface area contributed by atoms with Crippen molar-refractivity contribution in [3.8, 4) is 11.5 Å². The highest BCUT2D eigenvalue weighted by Crippen LogP contribution is 2.38. The highest BCUT2D eigenvalue weighted by atomic mass is 16.5. The molecule has 0 unspecified atom stereocenters. The molecule has 4 rings (SSSR count). The smallest absolute Gasteiger partial charge is 0.339 e. The highest BCUT2D eigenvalue weighted by Gasteiger charge is 2.28. The Hall–Kier alpha value is -3.28. The molecular formula is C22H22N2O4. The molecule has 0 radical (unpaired) electrons. The number of methoxy groups -OCH3 is 1. The van der Waals surface area contributed by atoms with Crippen LogP contribution in [0.1, 0.15) is 40.3 Å². The molecule has 2 N–H and O–H groups in total. The van der Waals surface area contributed by atoms with E-state index in [-0.39, 0.29) is 17.4 Å². The van der Waals surface area contributed by atoms with Crippen molar-refractivity contribution >= 4 is 16.7 Å². The molecule has 0 spiro atoms. The van der Waals surface area contributed by atoms with Crippen molar-refractivity contribution < 1.29 is 14.3 Å². The van der Waals surface area contributed by atoms with Gasteiger partial charge >= 0.3 is 5.63 Å². The summed E-state index contributed by atoms with van der Waals surface area (Å²) in [4.78, 5) is 12.0. The van der Waals surface area contributed by atoms with Gasteiger partial charge in [-0.3, -0.25) is 0 Å². The van der Waals surface area contributed by atoms with Crippen LogP contribution in [0.3, 0.4) is 0 Å². The molecule has 1 aliphatic rings. The second-order valence-electron chi connectivity index (χ2n) is 7.12. The third kappa shape index (κ3) is 2.72. The summed E-state index contributed by atoms with van der Waals surface area (Å²) in [5, 5.41) is 16.1. The Kier molecular flexibility index (Phi) is 4.34. The maximum absolute atomic E-state index is 12.0. The fraction of sp³-hybridized carbons (Fsp3) is 0.273. The van der Waals surface area contributed by atoms with Crippen molar-refractivity contribution in [3.05, 3.63) is 68.6 Å². The lowest BCUT2D eigenvalue weighted by molar-refractivity contribution is 0.402. The van der Waals surface area contributed by atoms with Crippen LogP contribution in [-0.4, -0.2) is 17.9 Å². The van der Waals surface area contributed by atoms with E-state index < -0.39 is 0 Å². The minimum Gasteiger partial charge on any atom is -0.506 e. The number of hydrogen-bond acceptors (Lipinski definition) is 6. The third-order valence-electron chi connectivity index (χ3n) is 5.46. The number of phenols is 1. The quantitative estimate of drug-likeness (QED) is 0.676. The van der Waals surface area contributed by atoms with E-state index in [9.17, 15) is 9.90 Å². The van der Waals surface area contributed by atoms with Crippen molar-refractivity contribution in [2.45, 2.75) is 33.2 Å². The van der Waals surface area contributed by atoms with Crippen LogP contribution in [0.15, 0.2) is 44.6 Å². The van der Waals surface area contributed by atoms with Gasteiger partial charge in [-0.05, 0) is 44.0 Å². The van der Waals surface area contributed by atoms with Gasteiger partial charge in [0.25, 0.3) is 0 Å². The van der Waals surface area contributed by atoms with Gasteiger partial charge < -0.3 is 19.7 Å². The Balaban J connectivity index is 1.79. The first-order valence-electron chi connectivity index (χ1n) is 9.14. The zero-order valence-electron chi connectivity index (χ0n) is 16.3. The van der Waals surface area contributed by atoms with Crippen molar-refractivity contribution in [1.29, 1.82) is 0 Å². The molecule has 2 aromatic carbocycles. The summed E-state index contributed by atoms with van der Waals surface area (Å²) in [6.07, 6.45) is 0.606. The lowest BCUT2D eigenvalue weighted by Crippen LogP contribution is -2.11. The number of phenolic OH excluding ortho intramolecular Hbond substituents is 1. The molecule has 2 heterocycles. The van der Waals surface area contributed by atoms with Crippen molar-refractivity contribution in [2.24, 2.45) is 5.10 Å². The van der Waals surface area contributed by atoms with Crippen LogP contribution in [-0.2, 0) is 0 Å². The van der Waals surface area contributed by atoms with E-state index in [2.05, 4.69) is 10.5 Å². The molecule has 144 valence electrons. The molecule has 3 aromatic rings. The first-order chi connectivity index (χ1) is 13.4. The third-order valence-corrected chi connectivity index (χ3v) is 5.46. The fourth-order valence-electron chi connectivity index (χ4n) is 3.83. The van der Waals surface area contributed by atoms with Crippen LogP contribution < -0.4 is 15.8 Å². The van der Waals surface area contributed by atoms with E-state index in [0.29, 0.717) is 28.5 Å². The highest BCUT2D eigenvalue weighted by molar-refractivity contribution is 6.09. The van der Waals surface area contributed by atoms with Gasteiger partial charge in [-0.1, -0.05) is 18.2 Å². The monoisotopic (exact) mass is 378 g/mol. The van der Waals surface area contributed by atoms with Crippen LogP contribution in [0.5, 0.6) is 11.5 Å². The second-order valence-corrected chi connectivity index (χ2v) is 7.12. The summed E-state index contributed by atoms with van der Waals surface area (Å²) < 4.78 is 10.8. The molecule has 0 saturated carbocycles. The Morgan fingerprint density at radius 1 is 1.21 bits per heavy atom. The van der Waals surface area contributed by atoms with E-state index >= 15 is 0 Å². The molecule has 1 aromatic heterocycles. The number of nitrogens with zero attached hydrogens (tertiary/aromatic N) is 1. The summed E-state index contributed by atoms with van der Waals surface area (Å²) in [7, 11) is 1.65. The van der Waals surface area contributed by atoms with Crippen LogP contribution >= 0.6 is 0 Å². The van der Waals surface area contributed by atoms with Gasteiger partial charge in [-0.15, -0.1) is 0 Å². The van der Waals surface area contributed by atoms with Gasteiger partial charge in [-0.25, -0.2) is 4.79 Å². The van der Waals surface area contributed by atoms with Gasteiger partial charge in [0.1, 0.15) is 17.1 Å². The van der Waals surface area contributed by atoms with Crippen LogP contribution in [0.4, 0.5) is 0 Å². The summed E-state index contributed by atoms with van der Waals surface area (Å²) in [5.41, 5.74) is 7.63. The molecule has 0 amide bonds. The number of hydrogen-bond donors (Lipinski definition) is 2. The second kappa shape index (κ2) is 6.71. The zero-order valence-corrected chi connectivity index (χ0v) is 16.3. The predicted molar refractivity (Wildman–Crippen MR) is 108 cm³/mol. The number of hydrazone groups is 1. The lowest BCUT2D eigenvalue weighted by atomic mass is 9.92. The van der Waals surface area contributed by atoms with Crippen LogP contribution in [0.25, 0.3) is 11.0 Å². The summed E-state index contributed by atoms with van der Waals surface area (Å²) >= 11 is 0. The number of rotatable bonds is 3. The SMILES string of the molecule is COc1ccccc1[C@H]1CC(c2c(C)cc3oc(=O)c(C)c(C)c3c2O)=NN1. The molecule has 28 heavy (non-hydrogen) atoms.